The number of rotatable bonds is 1. The van der Waals surface area contributed by atoms with Crippen LogP contribution in [0.15, 0.2) is 18.3 Å². The monoisotopic (exact) mass is 161 g/mol. The van der Waals surface area contributed by atoms with Gasteiger partial charge in [-0.3, -0.25) is 4.98 Å². The third kappa shape index (κ3) is 1.64. The van der Waals surface area contributed by atoms with Crippen LogP contribution >= 0.6 is 0 Å². The summed E-state index contributed by atoms with van der Waals surface area (Å²) in [5, 5.41) is 3.40. The van der Waals surface area contributed by atoms with Gasteiger partial charge < -0.3 is 5.32 Å². The zero-order valence-electron chi connectivity index (χ0n) is 7.09. The van der Waals surface area contributed by atoms with Gasteiger partial charge in [-0.05, 0) is 36.9 Å². The summed E-state index contributed by atoms with van der Waals surface area (Å²) in [7, 11) is 0. The molecular formula is C10H13N2. The summed E-state index contributed by atoms with van der Waals surface area (Å²) in [5.41, 5.74) is 1.35. The van der Waals surface area contributed by atoms with E-state index in [4.69, 9.17) is 0 Å². The second kappa shape index (κ2) is 3.68. The van der Waals surface area contributed by atoms with Gasteiger partial charge in [0.25, 0.3) is 0 Å². The quantitative estimate of drug-likeness (QED) is 0.672. The van der Waals surface area contributed by atoms with Crippen LogP contribution in [0.4, 0.5) is 0 Å². The van der Waals surface area contributed by atoms with E-state index in [0.29, 0.717) is 5.92 Å². The molecule has 1 saturated heterocycles. The van der Waals surface area contributed by atoms with E-state index in [1.807, 2.05) is 12.3 Å². The molecule has 0 spiro atoms. The van der Waals surface area contributed by atoms with Crippen LogP contribution in [0.25, 0.3) is 0 Å². The Hall–Kier alpha value is -0.890. The van der Waals surface area contributed by atoms with Crippen LogP contribution in [0, 0.1) is 6.20 Å². The molecule has 0 amide bonds. The molecule has 1 aromatic rings. The average Bonchev–Trinajstić information content (AvgIpc) is 2.21. The van der Waals surface area contributed by atoms with Gasteiger partial charge in [0.05, 0.1) is 6.20 Å². The van der Waals surface area contributed by atoms with Crippen molar-refractivity contribution in [1.29, 1.82) is 0 Å². The lowest BCUT2D eigenvalue weighted by molar-refractivity contribution is 0.461. The maximum atomic E-state index is 4.01. The van der Waals surface area contributed by atoms with Gasteiger partial charge in [0, 0.05) is 12.7 Å². The highest BCUT2D eigenvalue weighted by molar-refractivity contribution is 5.15. The molecule has 2 rings (SSSR count). The Morgan fingerprint density at radius 1 is 1.58 bits per heavy atom. The first-order valence-corrected chi connectivity index (χ1v) is 4.49. The highest BCUT2D eigenvalue weighted by atomic mass is 14.9. The first kappa shape index (κ1) is 7.74. The van der Waals surface area contributed by atoms with Crippen molar-refractivity contribution in [3.8, 4) is 0 Å². The smallest absolute Gasteiger partial charge is 0.0886 e. The Morgan fingerprint density at radius 2 is 2.58 bits per heavy atom. The Balaban J connectivity index is 2.08. The molecule has 2 heteroatoms. The van der Waals surface area contributed by atoms with Gasteiger partial charge in [-0.15, -0.1) is 0 Å². The molecule has 1 aliphatic heterocycles. The fourth-order valence-electron chi connectivity index (χ4n) is 1.71. The number of piperidine rings is 1. The van der Waals surface area contributed by atoms with Crippen LogP contribution in [0.5, 0.6) is 0 Å². The van der Waals surface area contributed by atoms with E-state index in [1.165, 1.54) is 24.9 Å². The van der Waals surface area contributed by atoms with E-state index in [-0.39, 0.29) is 0 Å². The lowest BCUT2D eigenvalue weighted by Gasteiger charge is -2.22. The van der Waals surface area contributed by atoms with Crippen molar-refractivity contribution in [2.75, 3.05) is 13.1 Å². The average molecular weight is 161 g/mol. The number of hydrogen-bond donors (Lipinski definition) is 1. The Labute approximate surface area is 73.0 Å². The molecule has 0 aliphatic carbocycles. The summed E-state index contributed by atoms with van der Waals surface area (Å²) in [6, 6.07) is 4.01. The Kier molecular flexibility index (Phi) is 2.37. The van der Waals surface area contributed by atoms with Crippen molar-refractivity contribution in [2.45, 2.75) is 18.8 Å². The van der Waals surface area contributed by atoms with Gasteiger partial charge in [-0.1, -0.05) is 6.07 Å². The third-order valence-corrected chi connectivity index (χ3v) is 2.41. The minimum absolute atomic E-state index is 0.667. The van der Waals surface area contributed by atoms with E-state index in [1.54, 1.807) is 0 Å². The molecule has 0 bridgehead atoms. The van der Waals surface area contributed by atoms with Crippen LogP contribution in [0.3, 0.4) is 0 Å². The second-order valence-electron chi connectivity index (χ2n) is 3.26. The van der Waals surface area contributed by atoms with Crippen LogP contribution in [-0.4, -0.2) is 18.1 Å². The van der Waals surface area contributed by atoms with E-state index in [9.17, 15) is 0 Å². The lowest BCUT2D eigenvalue weighted by Crippen LogP contribution is -2.28. The summed E-state index contributed by atoms with van der Waals surface area (Å²) in [5.74, 6) is 0.667. The van der Waals surface area contributed by atoms with Gasteiger partial charge >= 0.3 is 0 Å². The summed E-state index contributed by atoms with van der Waals surface area (Å²) < 4.78 is 0. The fourth-order valence-corrected chi connectivity index (χ4v) is 1.71. The molecule has 2 heterocycles. The third-order valence-electron chi connectivity index (χ3n) is 2.41. The predicted molar refractivity (Wildman–Crippen MR) is 47.9 cm³/mol. The van der Waals surface area contributed by atoms with Gasteiger partial charge in [0.1, 0.15) is 0 Å². The van der Waals surface area contributed by atoms with Crippen molar-refractivity contribution in [1.82, 2.24) is 10.3 Å². The van der Waals surface area contributed by atoms with Crippen molar-refractivity contribution in [3.63, 3.8) is 0 Å². The van der Waals surface area contributed by atoms with Gasteiger partial charge in [0.15, 0.2) is 0 Å². The summed E-state index contributed by atoms with van der Waals surface area (Å²) >= 11 is 0. The topological polar surface area (TPSA) is 24.9 Å². The predicted octanol–water partition coefficient (Wildman–Crippen LogP) is 1.35. The molecule has 1 N–H and O–H groups in total. The van der Waals surface area contributed by atoms with E-state index >= 15 is 0 Å². The summed E-state index contributed by atoms with van der Waals surface area (Å²) in [6.07, 6.45) is 7.30. The first-order chi connectivity index (χ1) is 5.97. The van der Waals surface area contributed by atoms with Gasteiger partial charge in [-0.2, -0.15) is 0 Å². The lowest BCUT2D eigenvalue weighted by atomic mass is 9.93. The second-order valence-corrected chi connectivity index (χ2v) is 3.26. The molecule has 1 atom stereocenters. The fraction of sp³-hybridized carbons (Fsp3) is 0.500. The maximum absolute atomic E-state index is 4.01. The van der Waals surface area contributed by atoms with E-state index in [0.717, 1.165) is 6.54 Å². The molecule has 0 saturated carbocycles. The minimum Gasteiger partial charge on any atom is -0.316 e. The molecule has 1 aromatic heterocycles. The van der Waals surface area contributed by atoms with Crippen molar-refractivity contribution in [2.24, 2.45) is 0 Å². The molecule has 12 heavy (non-hydrogen) atoms. The van der Waals surface area contributed by atoms with Crippen molar-refractivity contribution in [3.05, 3.63) is 30.1 Å². The number of nitrogens with one attached hydrogen (secondary N) is 1. The molecule has 2 nitrogen and oxygen atoms in total. The van der Waals surface area contributed by atoms with Crippen LogP contribution < -0.4 is 5.32 Å². The summed E-state index contributed by atoms with van der Waals surface area (Å²) in [6.45, 7) is 2.27. The first-order valence-electron chi connectivity index (χ1n) is 4.49. The molecule has 0 aromatic carbocycles. The van der Waals surface area contributed by atoms with Crippen LogP contribution in [0.1, 0.15) is 24.3 Å². The molecular weight excluding hydrogens is 148 g/mol. The van der Waals surface area contributed by atoms with Gasteiger partial charge in [0.2, 0.25) is 0 Å². The minimum atomic E-state index is 0.667. The number of nitrogens with zero attached hydrogens (tertiary/aromatic N) is 1. The Bertz CT molecular complexity index is 227. The van der Waals surface area contributed by atoms with Gasteiger partial charge in [-0.25, -0.2) is 0 Å². The zero-order chi connectivity index (χ0) is 8.23. The van der Waals surface area contributed by atoms with Crippen molar-refractivity contribution < 1.29 is 0 Å². The normalized spacial score (nSPS) is 23.8. The van der Waals surface area contributed by atoms with E-state index in [2.05, 4.69) is 22.6 Å². The maximum Gasteiger partial charge on any atom is 0.0886 e. The number of hydrogen-bond acceptors (Lipinski definition) is 2. The van der Waals surface area contributed by atoms with Crippen LogP contribution in [-0.2, 0) is 0 Å². The van der Waals surface area contributed by atoms with Crippen molar-refractivity contribution >= 4 is 0 Å². The Morgan fingerprint density at radius 3 is 3.25 bits per heavy atom. The molecule has 1 fully saturated rings. The SMILES string of the molecule is [c]1ccc(C2CCCNC2)cn1. The highest BCUT2D eigenvalue weighted by Crippen LogP contribution is 2.21. The molecule has 63 valence electrons. The molecule has 1 unspecified atom stereocenters. The standard InChI is InChI=1S/C10H13N2/c1-3-9(7-11-5-1)10-4-2-6-12-8-10/h1,3,7,10,12H,2,4,6,8H2. The largest absolute Gasteiger partial charge is 0.316 e. The number of aromatic nitrogens is 1. The molecule has 1 radical (unpaired) electrons. The molecule has 1 aliphatic rings. The zero-order valence-corrected chi connectivity index (χ0v) is 7.09. The number of pyridine rings is 1. The summed E-state index contributed by atoms with van der Waals surface area (Å²) in [4.78, 5) is 4.01. The van der Waals surface area contributed by atoms with E-state index < -0.39 is 0 Å². The highest BCUT2D eigenvalue weighted by Gasteiger charge is 2.14. The van der Waals surface area contributed by atoms with Crippen LogP contribution in [0.2, 0.25) is 0 Å².